The van der Waals surface area contributed by atoms with Crippen molar-refractivity contribution in [2.75, 3.05) is 0 Å². The standard InChI is InChI=1S/C29H30FN3O3/c30-22-14-12-20(13-15-22)28(29(35)32-23-7-2-1-3-8-23)33(19-24-9-6-16-36-24)27(34)17-21-18-31-26-11-5-4-10-25(21)26/h4-6,9-16,18,23,28,31H,1-3,7-8,17,19H2,(H,32,35). The summed E-state index contributed by atoms with van der Waals surface area (Å²) in [6.45, 7) is 0.119. The average Bonchev–Trinajstić information content (AvgIpc) is 3.56. The molecule has 36 heavy (non-hydrogen) atoms. The van der Waals surface area contributed by atoms with Crippen molar-refractivity contribution in [3.05, 3.63) is 95.8 Å². The molecule has 2 amide bonds. The number of aromatic nitrogens is 1. The third-order valence-corrected chi connectivity index (χ3v) is 6.94. The van der Waals surface area contributed by atoms with E-state index >= 15 is 0 Å². The van der Waals surface area contributed by atoms with Crippen LogP contribution in [-0.2, 0) is 22.6 Å². The Kier molecular flexibility index (Phi) is 7.16. The van der Waals surface area contributed by atoms with Crippen molar-refractivity contribution in [1.29, 1.82) is 0 Å². The first-order chi connectivity index (χ1) is 17.6. The summed E-state index contributed by atoms with van der Waals surface area (Å²) < 4.78 is 19.4. The van der Waals surface area contributed by atoms with Crippen LogP contribution in [0.2, 0.25) is 0 Å². The summed E-state index contributed by atoms with van der Waals surface area (Å²) in [4.78, 5) is 32.4. The molecule has 0 bridgehead atoms. The van der Waals surface area contributed by atoms with E-state index in [0.29, 0.717) is 11.3 Å². The van der Waals surface area contributed by atoms with Crippen molar-refractivity contribution in [2.45, 2.75) is 57.2 Å². The van der Waals surface area contributed by atoms with Crippen LogP contribution in [0.3, 0.4) is 0 Å². The van der Waals surface area contributed by atoms with E-state index in [9.17, 15) is 14.0 Å². The fourth-order valence-electron chi connectivity index (χ4n) is 5.08. The van der Waals surface area contributed by atoms with Gasteiger partial charge in [0.15, 0.2) is 0 Å². The zero-order valence-corrected chi connectivity index (χ0v) is 20.1. The number of carbonyl (C=O) groups is 2. The monoisotopic (exact) mass is 487 g/mol. The Balaban J connectivity index is 1.49. The Hall–Kier alpha value is -3.87. The number of carbonyl (C=O) groups excluding carboxylic acids is 2. The molecular weight excluding hydrogens is 457 g/mol. The van der Waals surface area contributed by atoms with Gasteiger partial charge in [0.2, 0.25) is 11.8 Å². The number of amides is 2. The number of hydrogen-bond donors (Lipinski definition) is 2. The maximum atomic E-state index is 13.9. The number of nitrogens with zero attached hydrogens (tertiary/aromatic N) is 1. The van der Waals surface area contributed by atoms with Gasteiger partial charge in [-0.05, 0) is 54.3 Å². The Morgan fingerprint density at radius 1 is 1.03 bits per heavy atom. The summed E-state index contributed by atoms with van der Waals surface area (Å²) >= 11 is 0. The number of hydrogen-bond acceptors (Lipinski definition) is 3. The molecule has 0 radical (unpaired) electrons. The molecule has 1 aliphatic rings. The SMILES string of the molecule is O=C(NC1CCCCC1)C(c1ccc(F)cc1)N(Cc1ccco1)C(=O)Cc1c[nH]c2ccccc12. The van der Waals surface area contributed by atoms with E-state index in [-0.39, 0.29) is 30.8 Å². The second-order valence-electron chi connectivity index (χ2n) is 9.43. The molecule has 1 unspecified atom stereocenters. The fraction of sp³-hybridized carbons (Fsp3) is 0.310. The topological polar surface area (TPSA) is 78.3 Å². The van der Waals surface area contributed by atoms with Crippen LogP contribution < -0.4 is 5.32 Å². The van der Waals surface area contributed by atoms with Gasteiger partial charge in [-0.3, -0.25) is 9.59 Å². The molecule has 0 aliphatic heterocycles. The first kappa shape index (κ1) is 23.9. The lowest BCUT2D eigenvalue weighted by Crippen LogP contribution is -2.47. The summed E-state index contributed by atoms with van der Waals surface area (Å²) in [5.74, 6) is -0.302. The smallest absolute Gasteiger partial charge is 0.247 e. The van der Waals surface area contributed by atoms with Crippen LogP contribution in [0.15, 0.2) is 77.5 Å². The Labute approximate surface area is 209 Å². The molecule has 186 valence electrons. The molecular formula is C29H30FN3O3. The number of nitrogens with one attached hydrogen (secondary N) is 2. The number of benzene rings is 2. The quantitative estimate of drug-likeness (QED) is 0.337. The summed E-state index contributed by atoms with van der Waals surface area (Å²) in [5, 5.41) is 4.14. The number of halogens is 1. The molecule has 0 saturated heterocycles. The highest BCUT2D eigenvalue weighted by atomic mass is 19.1. The highest BCUT2D eigenvalue weighted by Crippen LogP contribution is 2.28. The number of aromatic amines is 1. The van der Waals surface area contributed by atoms with E-state index in [1.165, 1.54) is 18.6 Å². The normalized spacial score (nSPS) is 15.0. The van der Waals surface area contributed by atoms with Crippen LogP contribution in [0.1, 0.15) is 55.0 Å². The van der Waals surface area contributed by atoms with Gasteiger partial charge in [0, 0.05) is 23.1 Å². The minimum absolute atomic E-state index is 0.0726. The van der Waals surface area contributed by atoms with Gasteiger partial charge in [-0.2, -0.15) is 0 Å². The molecule has 1 saturated carbocycles. The first-order valence-electron chi connectivity index (χ1n) is 12.5. The maximum absolute atomic E-state index is 13.9. The second-order valence-corrected chi connectivity index (χ2v) is 9.43. The van der Waals surface area contributed by atoms with E-state index in [4.69, 9.17) is 4.42 Å². The number of rotatable bonds is 8. The molecule has 2 aromatic heterocycles. The lowest BCUT2D eigenvalue weighted by atomic mass is 9.94. The van der Waals surface area contributed by atoms with Crippen LogP contribution in [0.25, 0.3) is 10.9 Å². The van der Waals surface area contributed by atoms with E-state index in [1.54, 1.807) is 35.4 Å². The molecule has 5 rings (SSSR count). The molecule has 6 nitrogen and oxygen atoms in total. The summed E-state index contributed by atoms with van der Waals surface area (Å²) in [7, 11) is 0. The van der Waals surface area contributed by atoms with Crippen molar-refractivity contribution in [3.63, 3.8) is 0 Å². The second kappa shape index (κ2) is 10.8. The lowest BCUT2D eigenvalue weighted by molar-refractivity contribution is -0.141. The molecule has 7 heteroatoms. The third-order valence-electron chi connectivity index (χ3n) is 6.94. The molecule has 4 aromatic rings. The number of fused-ring (bicyclic) bond motifs is 1. The van der Waals surface area contributed by atoms with Crippen molar-refractivity contribution in [3.8, 4) is 0 Å². The largest absolute Gasteiger partial charge is 0.467 e. The summed E-state index contributed by atoms with van der Waals surface area (Å²) in [5.41, 5.74) is 2.36. The number of H-pyrrole nitrogens is 1. The van der Waals surface area contributed by atoms with Gasteiger partial charge in [-0.1, -0.05) is 49.6 Å². The van der Waals surface area contributed by atoms with Crippen molar-refractivity contribution in [1.82, 2.24) is 15.2 Å². The number of para-hydroxylation sites is 1. The average molecular weight is 488 g/mol. The molecule has 0 spiro atoms. The van der Waals surface area contributed by atoms with Crippen LogP contribution in [0.4, 0.5) is 4.39 Å². The Morgan fingerprint density at radius 2 is 1.81 bits per heavy atom. The van der Waals surface area contributed by atoms with Gasteiger partial charge in [0.05, 0.1) is 19.2 Å². The Morgan fingerprint density at radius 3 is 2.56 bits per heavy atom. The van der Waals surface area contributed by atoms with Gasteiger partial charge in [0.1, 0.15) is 17.6 Å². The molecule has 2 aromatic carbocycles. The number of furan rings is 1. The molecule has 2 heterocycles. The van der Waals surface area contributed by atoms with Crippen LogP contribution in [0.5, 0.6) is 0 Å². The van der Waals surface area contributed by atoms with E-state index < -0.39 is 11.9 Å². The van der Waals surface area contributed by atoms with E-state index in [2.05, 4.69) is 10.3 Å². The maximum Gasteiger partial charge on any atom is 0.247 e. The van der Waals surface area contributed by atoms with Crippen molar-refractivity contribution < 1.29 is 18.4 Å². The van der Waals surface area contributed by atoms with E-state index in [1.807, 2.05) is 30.5 Å². The molecule has 1 fully saturated rings. The fourth-order valence-corrected chi connectivity index (χ4v) is 5.08. The molecule has 1 aliphatic carbocycles. The predicted molar refractivity (Wildman–Crippen MR) is 135 cm³/mol. The molecule has 2 N–H and O–H groups in total. The van der Waals surface area contributed by atoms with Gasteiger partial charge in [-0.25, -0.2) is 4.39 Å². The predicted octanol–water partition coefficient (Wildman–Crippen LogP) is 5.66. The highest BCUT2D eigenvalue weighted by molar-refractivity contribution is 5.92. The van der Waals surface area contributed by atoms with Crippen LogP contribution >= 0.6 is 0 Å². The third kappa shape index (κ3) is 5.35. The van der Waals surface area contributed by atoms with Gasteiger partial charge in [-0.15, -0.1) is 0 Å². The first-order valence-corrected chi connectivity index (χ1v) is 12.5. The van der Waals surface area contributed by atoms with Gasteiger partial charge < -0.3 is 19.6 Å². The zero-order chi connectivity index (χ0) is 24.9. The van der Waals surface area contributed by atoms with Crippen molar-refractivity contribution >= 4 is 22.7 Å². The minimum Gasteiger partial charge on any atom is -0.467 e. The molecule has 1 atom stereocenters. The van der Waals surface area contributed by atoms with Crippen molar-refractivity contribution in [2.24, 2.45) is 0 Å². The van der Waals surface area contributed by atoms with Crippen LogP contribution in [0, 0.1) is 5.82 Å². The lowest BCUT2D eigenvalue weighted by Gasteiger charge is -2.33. The van der Waals surface area contributed by atoms with Gasteiger partial charge >= 0.3 is 0 Å². The zero-order valence-electron chi connectivity index (χ0n) is 20.1. The van der Waals surface area contributed by atoms with Crippen LogP contribution in [-0.4, -0.2) is 27.7 Å². The Bertz CT molecular complexity index is 1310. The summed E-state index contributed by atoms with van der Waals surface area (Å²) in [6.07, 6.45) is 8.64. The summed E-state index contributed by atoms with van der Waals surface area (Å²) in [6, 6.07) is 16.3. The van der Waals surface area contributed by atoms with E-state index in [0.717, 1.165) is 42.1 Å². The van der Waals surface area contributed by atoms with Gasteiger partial charge in [0.25, 0.3) is 0 Å². The highest BCUT2D eigenvalue weighted by Gasteiger charge is 2.33. The minimum atomic E-state index is -0.921.